The molecule has 0 radical (unpaired) electrons. The number of carbonyl (C=O) groups excluding carboxylic acids is 1. The normalized spacial score (nSPS) is 16.0. The first-order valence-corrected chi connectivity index (χ1v) is 13.2. The number of carboxylic acid groups (broad SMARTS) is 1. The predicted molar refractivity (Wildman–Crippen MR) is 139 cm³/mol. The number of anilines is 1. The van der Waals surface area contributed by atoms with Gasteiger partial charge in [0.1, 0.15) is 6.04 Å². The first-order chi connectivity index (χ1) is 17.0. The van der Waals surface area contributed by atoms with Crippen molar-refractivity contribution in [1.29, 1.82) is 0 Å². The van der Waals surface area contributed by atoms with Crippen molar-refractivity contribution in [2.75, 3.05) is 24.4 Å². The molecule has 0 spiro atoms. The van der Waals surface area contributed by atoms with Crippen LogP contribution in [0.1, 0.15) is 21.5 Å². The van der Waals surface area contributed by atoms with Crippen LogP contribution in [-0.4, -0.2) is 56.0 Å². The highest BCUT2D eigenvalue weighted by Gasteiger charge is 2.28. The summed E-state index contributed by atoms with van der Waals surface area (Å²) in [5.41, 5.74) is 3.65. The Morgan fingerprint density at radius 1 is 1.03 bits per heavy atom. The summed E-state index contributed by atoms with van der Waals surface area (Å²) >= 11 is 6.11. The molecule has 3 aromatic rings. The number of hydrogen-bond donors (Lipinski definition) is 3. The molecule has 8 nitrogen and oxygen atoms in total. The van der Waals surface area contributed by atoms with Crippen LogP contribution in [0.3, 0.4) is 0 Å². The summed E-state index contributed by atoms with van der Waals surface area (Å²) in [5.74, 6) is -1.22. The number of nitrogens with one attached hydrogen (secondary N) is 2. The fraction of sp³-hybridized carbons (Fsp3) is 0.231. The smallest absolute Gasteiger partial charge is 0.322 e. The quantitative estimate of drug-likeness (QED) is 0.447. The largest absolute Gasteiger partial charge is 0.480 e. The third-order valence-electron chi connectivity index (χ3n) is 6.09. The second kappa shape index (κ2) is 10.3. The molecule has 1 fully saturated rings. The average Bonchev–Trinajstić information content (AvgIpc) is 2.85. The number of halogens is 1. The highest BCUT2D eigenvalue weighted by atomic mass is 35.5. The summed E-state index contributed by atoms with van der Waals surface area (Å²) < 4.78 is 28.7. The summed E-state index contributed by atoms with van der Waals surface area (Å²) in [6, 6.07) is 16.3. The zero-order valence-corrected chi connectivity index (χ0v) is 21.4. The molecule has 188 valence electrons. The van der Waals surface area contributed by atoms with E-state index in [4.69, 9.17) is 11.6 Å². The highest BCUT2D eigenvalue weighted by Crippen LogP contribution is 2.28. The molecular formula is C26H26ClN3O5S. The van der Waals surface area contributed by atoms with Gasteiger partial charge in [0.05, 0.1) is 4.90 Å². The van der Waals surface area contributed by atoms with Crippen molar-refractivity contribution < 1.29 is 23.1 Å². The van der Waals surface area contributed by atoms with Crippen molar-refractivity contribution >= 4 is 39.2 Å². The molecule has 10 heteroatoms. The number of hydrogen-bond acceptors (Lipinski definition) is 5. The molecule has 0 aliphatic carbocycles. The van der Waals surface area contributed by atoms with Crippen molar-refractivity contribution in [2.45, 2.75) is 24.8 Å². The summed E-state index contributed by atoms with van der Waals surface area (Å²) in [6.45, 7) is 4.40. The number of rotatable bonds is 6. The molecule has 0 bridgehead atoms. The van der Waals surface area contributed by atoms with E-state index in [-0.39, 0.29) is 17.3 Å². The minimum absolute atomic E-state index is 0.102. The van der Waals surface area contributed by atoms with Gasteiger partial charge in [-0.2, -0.15) is 0 Å². The lowest BCUT2D eigenvalue weighted by Gasteiger charge is -2.31. The number of amides is 1. The van der Waals surface area contributed by atoms with E-state index in [9.17, 15) is 23.1 Å². The molecule has 1 heterocycles. The molecule has 1 atom stereocenters. The second-order valence-electron chi connectivity index (χ2n) is 8.73. The molecule has 1 unspecified atom stereocenters. The molecule has 1 aliphatic heterocycles. The Hall–Kier alpha value is -3.40. The van der Waals surface area contributed by atoms with Gasteiger partial charge in [-0.3, -0.25) is 14.3 Å². The summed E-state index contributed by atoms with van der Waals surface area (Å²) in [7, 11) is -3.83. The lowest BCUT2D eigenvalue weighted by Crippen LogP contribution is -2.55. The number of sulfonamides is 1. The number of carboxylic acids is 1. The highest BCUT2D eigenvalue weighted by molar-refractivity contribution is 7.92. The van der Waals surface area contributed by atoms with Crippen molar-refractivity contribution in [3.63, 3.8) is 0 Å². The van der Waals surface area contributed by atoms with Gasteiger partial charge in [0.15, 0.2) is 0 Å². The van der Waals surface area contributed by atoms with E-state index in [1.165, 1.54) is 4.90 Å². The molecule has 1 aliphatic rings. The molecule has 0 aromatic heterocycles. The van der Waals surface area contributed by atoms with Gasteiger partial charge in [-0.15, -0.1) is 0 Å². The van der Waals surface area contributed by atoms with Gasteiger partial charge < -0.3 is 15.3 Å². The van der Waals surface area contributed by atoms with Crippen LogP contribution in [0.25, 0.3) is 11.1 Å². The Kier molecular flexibility index (Phi) is 7.35. The van der Waals surface area contributed by atoms with Gasteiger partial charge >= 0.3 is 5.97 Å². The fourth-order valence-electron chi connectivity index (χ4n) is 4.10. The van der Waals surface area contributed by atoms with Crippen LogP contribution in [0.2, 0.25) is 5.02 Å². The minimum atomic E-state index is -3.83. The van der Waals surface area contributed by atoms with Gasteiger partial charge in [-0.25, -0.2) is 8.42 Å². The topological polar surface area (TPSA) is 116 Å². The van der Waals surface area contributed by atoms with Gasteiger partial charge in [-0.1, -0.05) is 35.9 Å². The van der Waals surface area contributed by atoms with Crippen LogP contribution in [-0.2, 0) is 14.8 Å². The zero-order valence-electron chi connectivity index (χ0n) is 19.8. The lowest BCUT2D eigenvalue weighted by atomic mass is 10.0. The van der Waals surface area contributed by atoms with Gasteiger partial charge in [0.2, 0.25) is 0 Å². The van der Waals surface area contributed by atoms with Crippen LogP contribution in [0.15, 0.2) is 65.6 Å². The minimum Gasteiger partial charge on any atom is -0.480 e. The second-order valence-corrected chi connectivity index (χ2v) is 10.8. The first-order valence-electron chi connectivity index (χ1n) is 11.3. The van der Waals surface area contributed by atoms with Crippen molar-refractivity contribution in [2.24, 2.45) is 0 Å². The average molecular weight is 528 g/mol. The first kappa shape index (κ1) is 25.7. The Bertz CT molecular complexity index is 1420. The predicted octanol–water partition coefficient (Wildman–Crippen LogP) is 3.92. The number of nitrogens with zero attached hydrogens (tertiary/aromatic N) is 1. The summed E-state index contributed by atoms with van der Waals surface area (Å²) in [6.07, 6.45) is 0. The van der Waals surface area contributed by atoms with E-state index in [1.807, 2.05) is 6.07 Å². The number of aryl methyl sites for hydroxylation is 2. The van der Waals surface area contributed by atoms with E-state index < -0.39 is 22.0 Å². The maximum absolute atomic E-state index is 13.0. The molecular weight excluding hydrogens is 502 g/mol. The molecule has 3 aromatic carbocycles. The molecule has 3 N–H and O–H groups in total. The molecule has 1 saturated heterocycles. The van der Waals surface area contributed by atoms with Gasteiger partial charge in [0, 0.05) is 35.9 Å². The van der Waals surface area contributed by atoms with Crippen molar-refractivity contribution in [3.8, 4) is 11.1 Å². The van der Waals surface area contributed by atoms with E-state index in [2.05, 4.69) is 10.0 Å². The number of benzene rings is 3. The summed E-state index contributed by atoms with van der Waals surface area (Å²) in [5, 5.41) is 12.6. The Morgan fingerprint density at radius 3 is 2.44 bits per heavy atom. The van der Waals surface area contributed by atoms with E-state index >= 15 is 0 Å². The molecule has 0 saturated carbocycles. The van der Waals surface area contributed by atoms with Gasteiger partial charge in [-0.05, 0) is 72.5 Å². The Balaban J connectivity index is 1.52. The molecule has 4 rings (SSSR count). The standard InChI is InChI=1S/C26H26ClN3O5S/c1-16-13-24(17(2)12-22(16)27)36(34,35)29-21-5-3-4-20(14-21)18-6-8-19(9-7-18)25(31)30-11-10-28-23(15-30)26(32)33/h3-9,12-14,23,28-29H,10-11,15H2,1-2H3,(H,32,33). The van der Waals surface area contributed by atoms with E-state index in [0.29, 0.717) is 40.5 Å². The van der Waals surface area contributed by atoms with Crippen LogP contribution in [0, 0.1) is 13.8 Å². The van der Waals surface area contributed by atoms with Crippen molar-refractivity contribution in [1.82, 2.24) is 10.2 Å². The maximum Gasteiger partial charge on any atom is 0.322 e. The van der Waals surface area contributed by atoms with Crippen LogP contribution >= 0.6 is 11.6 Å². The van der Waals surface area contributed by atoms with Gasteiger partial charge in [0.25, 0.3) is 15.9 Å². The number of aliphatic carboxylic acids is 1. The third-order valence-corrected chi connectivity index (χ3v) is 8.02. The Morgan fingerprint density at radius 2 is 1.75 bits per heavy atom. The fourth-order valence-corrected chi connectivity index (χ4v) is 5.68. The number of carbonyl (C=O) groups is 2. The van der Waals surface area contributed by atoms with E-state index in [1.54, 1.807) is 68.4 Å². The monoisotopic (exact) mass is 527 g/mol. The molecule has 1 amide bonds. The number of piperazine rings is 1. The zero-order chi connectivity index (χ0) is 26.0. The van der Waals surface area contributed by atoms with Crippen LogP contribution in [0.5, 0.6) is 0 Å². The Labute approximate surface area is 215 Å². The van der Waals surface area contributed by atoms with Crippen LogP contribution in [0.4, 0.5) is 5.69 Å². The SMILES string of the molecule is Cc1cc(S(=O)(=O)Nc2cccc(-c3ccc(C(=O)N4CCNC(C(=O)O)C4)cc3)c2)c(C)cc1Cl. The van der Waals surface area contributed by atoms with Crippen LogP contribution < -0.4 is 10.0 Å². The maximum atomic E-state index is 13.0. The van der Waals surface area contributed by atoms with E-state index in [0.717, 1.165) is 11.1 Å². The summed E-state index contributed by atoms with van der Waals surface area (Å²) in [4.78, 5) is 25.8. The third kappa shape index (κ3) is 5.53. The van der Waals surface area contributed by atoms with Crippen molar-refractivity contribution in [3.05, 3.63) is 82.4 Å². The molecule has 36 heavy (non-hydrogen) atoms. The lowest BCUT2D eigenvalue weighted by molar-refractivity contribution is -0.140.